The highest BCUT2D eigenvalue weighted by atomic mass is 32.2. The van der Waals surface area contributed by atoms with Crippen LogP contribution in [0.5, 0.6) is 0 Å². The van der Waals surface area contributed by atoms with E-state index in [1.165, 1.54) is 10.4 Å². The number of piperidine rings is 1. The molecule has 1 aliphatic rings. The molecule has 1 saturated heterocycles. The standard InChI is InChI=1S/C17H25N5O4S/c1-3-18-17(23)16-6-4-5-9-22(16)27(24,25)13-7-8-15-14(12-13)19-20-21(15)10-11-26-2/h7-8,12,16H,3-6,9-11H2,1-2H3,(H,18,23)/t16-/m1/s1. The third-order valence-corrected chi connectivity index (χ3v) is 6.61. The molecule has 0 unspecified atom stereocenters. The van der Waals surface area contributed by atoms with E-state index in [1.807, 2.05) is 6.92 Å². The van der Waals surface area contributed by atoms with Crippen molar-refractivity contribution in [2.24, 2.45) is 0 Å². The molecule has 1 atom stereocenters. The molecule has 1 aliphatic heterocycles. The summed E-state index contributed by atoms with van der Waals surface area (Å²) in [6.07, 6.45) is 2.10. The van der Waals surface area contributed by atoms with Gasteiger partial charge in [0, 0.05) is 20.2 Å². The van der Waals surface area contributed by atoms with Crippen LogP contribution in [-0.4, -0.2) is 66.5 Å². The van der Waals surface area contributed by atoms with Gasteiger partial charge in [0.25, 0.3) is 0 Å². The molecule has 1 aromatic heterocycles. The summed E-state index contributed by atoms with van der Waals surface area (Å²) in [4.78, 5) is 12.5. The number of hydrogen-bond donors (Lipinski definition) is 1. The number of sulfonamides is 1. The van der Waals surface area contributed by atoms with Crippen molar-refractivity contribution in [3.8, 4) is 0 Å². The first-order chi connectivity index (χ1) is 13.0. The van der Waals surface area contributed by atoms with Gasteiger partial charge in [-0.05, 0) is 38.0 Å². The first-order valence-corrected chi connectivity index (χ1v) is 10.5. The Balaban J connectivity index is 1.92. The molecule has 1 aromatic carbocycles. The number of ether oxygens (including phenoxy) is 1. The SMILES string of the molecule is CCNC(=O)[C@H]1CCCCN1S(=O)(=O)c1ccc2c(c1)nnn2CCOC. The van der Waals surface area contributed by atoms with Gasteiger partial charge in [-0.25, -0.2) is 13.1 Å². The van der Waals surface area contributed by atoms with Gasteiger partial charge in [-0.2, -0.15) is 4.31 Å². The highest BCUT2D eigenvalue weighted by molar-refractivity contribution is 7.89. The van der Waals surface area contributed by atoms with Crippen LogP contribution in [0.4, 0.5) is 0 Å². The smallest absolute Gasteiger partial charge is 0.243 e. The Bertz CT molecular complexity index is 911. The minimum absolute atomic E-state index is 0.130. The molecule has 0 saturated carbocycles. The van der Waals surface area contributed by atoms with E-state index in [2.05, 4.69) is 15.6 Å². The zero-order chi connectivity index (χ0) is 19.4. The summed E-state index contributed by atoms with van der Waals surface area (Å²) >= 11 is 0. The van der Waals surface area contributed by atoms with E-state index in [0.29, 0.717) is 38.2 Å². The fourth-order valence-electron chi connectivity index (χ4n) is 3.34. The summed E-state index contributed by atoms with van der Waals surface area (Å²) in [5.41, 5.74) is 1.24. The first kappa shape index (κ1) is 19.7. The molecular formula is C17H25N5O4S. The van der Waals surface area contributed by atoms with Gasteiger partial charge < -0.3 is 10.1 Å². The maximum absolute atomic E-state index is 13.2. The average molecular weight is 395 g/mol. The van der Waals surface area contributed by atoms with Crippen molar-refractivity contribution in [1.29, 1.82) is 0 Å². The largest absolute Gasteiger partial charge is 0.383 e. The van der Waals surface area contributed by atoms with Gasteiger partial charge >= 0.3 is 0 Å². The molecule has 0 aliphatic carbocycles. The zero-order valence-corrected chi connectivity index (χ0v) is 16.4. The van der Waals surface area contributed by atoms with Crippen LogP contribution in [0.1, 0.15) is 26.2 Å². The lowest BCUT2D eigenvalue weighted by molar-refractivity contribution is -0.125. The lowest BCUT2D eigenvalue weighted by Gasteiger charge is -2.33. The number of hydrogen-bond acceptors (Lipinski definition) is 6. The monoisotopic (exact) mass is 395 g/mol. The fraction of sp³-hybridized carbons (Fsp3) is 0.588. The first-order valence-electron chi connectivity index (χ1n) is 9.10. The molecule has 1 amide bonds. The van der Waals surface area contributed by atoms with E-state index in [-0.39, 0.29) is 10.8 Å². The van der Waals surface area contributed by atoms with Crippen LogP contribution in [-0.2, 0) is 26.1 Å². The number of carbonyl (C=O) groups is 1. The molecule has 2 heterocycles. The Morgan fingerprint density at radius 3 is 2.93 bits per heavy atom. The topological polar surface area (TPSA) is 106 Å². The third-order valence-electron chi connectivity index (χ3n) is 4.71. The number of aromatic nitrogens is 3. The second kappa shape index (κ2) is 8.32. The van der Waals surface area contributed by atoms with E-state index < -0.39 is 16.1 Å². The molecule has 1 fully saturated rings. The van der Waals surface area contributed by atoms with E-state index in [9.17, 15) is 13.2 Å². The van der Waals surface area contributed by atoms with Crippen LogP contribution in [0.15, 0.2) is 23.1 Å². The fourth-order valence-corrected chi connectivity index (χ4v) is 5.01. The lowest BCUT2D eigenvalue weighted by atomic mass is 10.0. The van der Waals surface area contributed by atoms with Crippen molar-refractivity contribution < 1.29 is 17.9 Å². The lowest BCUT2D eigenvalue weighted by Crippen LogP contribution is -2.51. The summed E-state index contributed by atoms with van der Waals surface area (Å²) in [5, 5.41) is 10.9. The Morgan fingerprint density at radius 2 is 2.19 bits per heavy atom. The summed E-state index contributed by atoms with van der Waals surface area (Å²) in [5.74, 6) is -0.243. The Morgan fingerprint density at radius 1 is 1.37 bits per heavy atom. The Labute approximate surface area is 158 Å². The summed E-state index contributed by atoms with van der Waals surface area (Å²) in [6.45, 7) is 3.65. The van der Waals surface area contributed by atoms with Crippen molar-refractivity contribution in [3.63, 3.8) is 0 Å². The molecule has 0 spiro atoms. The zero-order valence-electron chi connectivity index (χ0n) is 15.6. The van der Waals surface area contributed by atoms with Crippen molar-refractivity contribution in [3.05, 3.63) is 18.2 Å². The minimum atomic E-state index is -3.80. The molecular weight excluding hydrogens is 370 g/mol. The number of carbonyl (C=O) groups excluding carboxylic acids is 1. The quantitative estimate of drug-likeness (QED) is 0.742. The Hall–Kier alpha value is -2.04. The molecule has 10 heteroatoms. The molecule has 27 heavy (non-hydrogen) atoms. The second-order valence-corrected chi connectivity index (χ2v) is 8.37. The van der Waals surface area contributed by atoms with E-state index in [1.54, 1.807) is 23.9 Å². The summed E-state index contributed by atoms with van der Waals surface area (Å²) in [7, 11) is -2.20. The van der Waals surface area contributed by atoms with Gasteiger partial charge in [-0.1, -0.05) is 11.6 Å². The van der Waals surface area contributed by atoms with Crippen LogP contribution in [0.2, 0.25) is 0 Å². The van der Waals surface area contributed by atoms with Crippen LogP contribution in [0.3, 0.4) is 0 Å². The number of likely N-dealkylation sites (N-methyl/N-ethyl adjacent to an activating group) is 1. The molecule has 1 N–H and O–H groups in total. The summed E-state index contributed by atoms with van der Waals surface area (Å²) in [6, 6.07) is 4.10. The number of methoxy groups -OCH3 is 1. The van der Waals surface area contributed by atoms with Crippen molar-refractivity contribution in [2.75, 3.05) is 26.8 Å². The highest BCUT2D eigenvalue weighted by Crippen LogP contribution is 2.27. The molecule has 0 radical (unpaired) electrons. The van der Waals surface area contributed by atoms with Crippen LogP contribution in [0, 0.1) is 0 Å². The second-order valence-electron chi connectivity index (χ2n) is 6.48. The van der Waals surface area contributed by atoms with Crippen LogP contribution in [0.25, 0.3) is 11.0 Å². The molecule has 9 nitrogen and oxygen atoms in total. The van der Waals surface area contributed by atoms with E-state index >= 15 is 0 Å². The van der Waals surface area contributed by atoms with Crippen molar-refractivity contribution in [1.82, 2.24) is 24.6 Å². The molecule has 148 valence electrons. The Kier molecular flexibility index (Phi) is 6.08. The maximum atomic E-state index is 13.2. The van der Waals surface area contributed by atoms with Crippen molar-refractivity contribution >= 4 is 27.0 Å². The molecule has 2 aromatic rings. The number of nitrogens with one attached hydrogen (secondary N) is 1. The third kappa shape index (κ3) is 3.97. The number of benzene rings is 1. The minimum Gasteiger partial charge on any atom is -0.383 e. The van der Waals surface area contributed by atoms with Crippen molar-refractivity contribution in [2.45, 2.75) is 43.7 Å². The number of nitrogens with zero attached hydrogens (tertiary/aromatic N) is 4. The predicted molar refractivity (Wildman–Crippen MR) is 99.6 cm³/mol. The molecule has 0 bridgehead atoms. The van der Waals surface area contributed by atoms with Gasteiger partial charge in [-0.3, -0.25) is 4.79 Å². The summed E-state index contributed by atoms with van der Waals surface area (Å²) < 4.78 is 34.4. The predicted octanol–water partition coefficient (Wildman–Crippen LogP) is 0.757. The highest BCUT2D eigenvalue weighted by Gasteiger charge is 2.37. The van der Waals surface area contributed by atoms with E-state index in [0.717, 1.165) is 18.4 Å². The van der Waals surface area contributed by atoms with Gasteiger partial charge in [0.05, 0.1) is 23.6 Å². The number of fused-ring (bicyclic) bond motifs is 1. The average Bonchev–Trinajstić information content (AvgIpc) is 3.08. The maximum Gasteiger partial charge on any atom is 0.243 e. The normalized spacial score (nSPS) is 18.7. The van der Waals surface area contributed by atoms with Gasteiger partial charge in [0.15, 0.2) is 0 Å². The van der Waals surface area contributed by atoms with Gasteiger partial charge in [-0.15, -0.1) is 5.10 Å². The number of rotatable bonds is 7. The van der Waals surface area contributed by atoms with Gasteiger partial charge in [0.1, 0.15) is 11.6 Å². The van der Waals surface area contributed by atoms with Gasteiger partial charge in [0.2, 0.25) is 15.9 Å². The van der Waals surface area contributed by atoms with Crippen LogP contribution < -0.4 is 5.32 Å². The number of amides is 1. The van der Waals surface area contributed by atoms with E-state index in [4.69, 9.17) is 4.74 Å². The van der Waals surface area contributed by atoms with Crippen LogP contribution >= 0.6 is 0 Å². The molecule has 3 rings (SSSR count).